The molecule has 1 rings (SSSR count). The number of methoxy groups -OCH3 is 1. The fraction of sp³-hybridized carbons (Fsp3) is 0.333. The molecule has 1 heterocycles. The van der Waals surface area contributed by atoms with Crippen LogP contribution in [0.25, 0.3) is 0 Å². The lowest BCUT2D eigenvalue weighted by atomic mass is 10.3. The summed E-state index contributed by atoms with van der Waals surface area (Å²) in [4.78, 5) is 15.3. The fourth-order valence-electron chi connectivity index (χ4n) is 0.951. The summed E-state index contributed by atoms with van der Waals surface area (Å²) in [5, 5.41) is 0.321. The van der Waals surface area contributed by atoms with Crippen molar-refractivity contribution in [3.63, 3.8) is 0 Å². The molecule has 0 N–H and O–H groups in total. The summed E-state index contributed by atoms with van der Waals surface area (Å²) in [5.74, 6) is 0.249. The Kier molecular flexibility index (Phi) is 4.22. The molecular formula is C9H10ClNO2S. The largest absolute Gasteiger partial charge is 0.464 e. The van der Waals surface area contributed by atoms with E-state index < -0.39 is 5.97 Å². The van der Waals surface area contributed by atoms with E-state index >= 15 is 0 Å². The molecule has 0 aliphatic rings. The monoisotopic (exact) mass is 231 g/mol. The van der Waals surface area contributed by atoms with Crippen molar-refractivity contribution >= 4 is 29.3 Å². The number of carbonyl (C=O) groups is 1. The number of rotatable bonds is 3. The number of esters is 1. The van der Waals surface area contributed by atoms with Crippen LogP contribution < -0.4 is 0 Å². The summed E-state index contributed by atoms with van der Waals surface area (Å²) in [6.45, 7) is 0. The number of thioether (sulfide) groups is 1. The normalized spacial score (nSPS) is 9.93. The van der Waals surface area contributed by atoms with Gasteiger partial charge in [0.1, 0.15) is 0 Å². The van der Waals surface area contributed by atoms with Crippen molar-refractivity contribution < 1.29 is 9.53 Å². The average molecular weight is 232 g/mol. The number of halogens is 1. The van der Waals surface area contributed by atoms with Crippen LogP contribution in [0.3, 0.4) is 0 Å². The van der Waals surface area contributed by atoms with Crippen LogP contribution in [0.15, 0.2) is 12.1 Å². The Labute approximate surface area is 91.8 Å². The number of aromatic nitrogens is 1. The maximum atomic E-state index is 11.2. The summed E-state index contributed by atoms with van der Waals surface area (Å²) in [5.41, 5.74) is 1.00. The number of hydrogen-bond donors (Lipinski definition) is 0. The highest BCUT2D eigenvalue weighted by Gasteiger charge is 2.12. The third-order valence-electron chi connectivity index (χ3n) is 1.57. The van der Waals surface area contributed by atoms with Crippen molar-refractivity contribution in [3.05, 3.63) is 28.5 Å². The minimum Gasteiger partial charge on any atom is -0.464 e. The standard InChI is InChI=1S/C9H10ClNO2S/c1-13-9(12)8-7(10)4-3-6(11-8)5-14-2/h3-4H,5H2,1-2H3. The lowest BCUT2D eigenvalue weighted by Crippen LogP contribution is -2.06. The molecule has 0 aromatic carbocycles. The molecule has 1 aromatic rings. The highest BCUT2D eigenvalue weighted by molar-refractivity contribution is 7.97. The van der Waals surface area contributed by atoms with Crippen molar-refractivity contribution in [2.75, 3.05) is 13.4 Å². The lowest BCUT2D eigenvalue weighted by Gasteiger charge is -2.03. The zero-order valence-electron chi connectivity index (χ0n) is 7.91. The van der Waals surface area contributed by atoms with E-state index in [1.165, 1.54) is 7.11 Å². The van der Waals surface area contributed by atoms with Gasteiger partial charge in [0, 0.05) is 5.75 Å². The Bertz CT molecular complexity index is 344. The molecule has 3 nitrogen and oxygen atoms in total. The quantitative estimate of drug-likeness (QED) is 0.749. The van der Waals surface area contributed by atoms with Gasteiger partial charge in [0.15, 0.2) is 5.69 Å². The first-order valence-electron chi connectivity index (χ1n) is 3.91. The van der Waals surface area contributed by atoms with Crippen LogP contribution in [0.2, 0.25) is 5.02 Å². The second kappa shape index (κ2) is 5.22. The molecule has 0 aliphatic carbocycles. The molecule has 0 radical (unpaired) electrons. The van der Waals surface area contributed by atoms with Gasteiger partial charge in [-0.1, -0.05) is 11.6 Å². The molecule has 5 heteroatoms. The first-order chi connectivity index (χ1) is 6.69. The highest BCUT2D eigenvalue weighted by atomic mass is 35.5. The summed E-state index contributed by atoms with van der Waals surface area (Å²) in [6.07, 6.45) is 1.97. The van der Waals surface area contributed by atoms with Crippen LogP contribution >= 0.6 is 23.4 Å². The molecule has 0 atom stereocenters. The van der Waals surface area contributed by atoms with E-state index in [0.29, 0.717) is 5.02 Å². The molecule has 0 fully saturated rings. The summed E-state index contributed by atoms with van der Waals surface area (Å²) in [7, 11) is 1.31. The second-order valence-corrected chi connectivity index (χ2v) is 3.83. The minimum atomic E-state index is -0.502. The van der Waals surface area contributed by atoms with Gasteiger partial charge >= 0.3 is 5.97 Å². The number of ether oxygens (including phenoxy) is 1. The van der Waals surface area contributed by atoms with Crippen LogP contribution in [-0.2, 0) is 10.5 Å². The second-order valence-electron chi connectivity index (χ2n) is 2.56. The van der Waals surface area contributed by atoms with Gasteiger partial charge in [0.05, 0.1) is 17.8 Å². The molecule has 76 valence electrons. The third-order valence-corrected chi connectivity index (χ3v) is 2.46. The summed E-state index contributed by atoms with van der Waals surface area (Å²) < 4.78 is 4.56. The topological polar surface area (TPSA) is 39.2 Å². The van der Waals surface area contributed by atoms with Crippen molar-refractivity contribution in [1.82, 2.24) is 4.98 Å². The van der Waals surface area contributed by atoms with Crippen molar-refractivity contribution in [2.24, 2.45) is 0 Å². The van der Waals surface area contributed by atoms with Gasteiger partial charge in [0.25, 0.3) is 0 Å². The smallest absolute Gasteiger partial charge is 0.358 e. The van der Waals surface area contributed by atoms with Gasteiger partial charge in [0.2, 0.25) is 0 Å². The van der Waals surface area contributed by atoms with Crippen LogP contribution in [-0.4, -0.2) is 24.3 Å². The Morgan fingerprint density at radius 2 is 2.36 bits per heavy atom. The molecule has 0 saturated carbocycles. The highest BCUT2D eigenvalue weighted by Crippen LogP contribution is 2.17. The van der Waals surface area contributed by atoms with Gasteiger partial charge in [-0.2, -0.15) is 11.8 Å². The van der Waals surface area contributed by atoms with Crippen LogP contribution in [0.5, 0.6) is 0 Å². The maximum absolute atomic E-state index is 11.2. The van der Waals surface area contributed by atoms with Crippen LogP contribution in [0.1, 0.15) is 16.2 Å². The summed E-state index contributed by atoms with van der Waals surface area (Å²) in [6, 6.07) is 3.46. The van der Waals surface area contributed by atoms with E-state index in [2.05, 4.69) is 9.72 Å². The van der Waals surface area contributed by atoms with Crippen molar-refractivity contribution in [3.8, 4) is 0 Å². The van der Waals surface area contributed by atoms with E-state index in [4.69, 9.17) is 11.6 Å². The molecule has 0 bridgehead atoms. The molecule has 0 amide bonds. The predicted molar refractivity (Wildman–Crippen MR) is 57.8 cm³/mol. The van der Waals surface area contributed by atoms with E-state index in [9.17, 15) is 4.79 Å². The number of carbonyl (C=O) groups excluding carboxylic acids is 1. The van der Waals surface area contributed by atoms with Crippen LogP contribution in [0.4, 0.5) is 0 Å². The maximum Gasteiger partial charge on any atom is 0.358 e. The van der Waals surface area contributed by atoms with E-state index in [1.807, 2.05) is 6.26 Å². The Hall–Kier alpha value is -0.740. The SMILES string of the molecule is COC(=O)c1nc(CSC)ccc1Cl. The molecule has 0 aliphatic heterocycles. The Morgan fingerprint density at radius 1 is 1.64 bits per heavy atom. The molecular weight excluding hydrogens is 222 g/mol. The first-order valence-corrected chi connectivity index (χ1v) is 5.69. The predicted octanol–water partition coefficient (Wildman–Crippen LogP) is 2.38. The van der Waals surface area contributed by atoms with E-state index in [0.717, 1.165) is 11.4 Å². The first kappa shape index (κ1) is 11.3. The molecule has 0 unspecified atom stereocenters. The van der Waals surface area contributed by atoms with Gasteiger partial charge in [-0.3, -0.25) is 0 Å². The molecule has 14 heavy (non-hydrogen) atoms. The van der Waals surface area contributed by atoms with Gasteiger partial charge < -0.3 is 4.74 Å². The Balaban J connectivity index is 3.01. The number of hydrogen-bond acceptors (Lipinski definition) is 4. The van der Waals surface area contributed by atoms with Gasteiger partial charge in [-0.15, -0.1) is 0 Å². The fourth-order valence-corrected chi connectivity index (χ4v) is 1.59. The Morgan fingerprint density at radius 3 is 2.93 bits per heavy atom. The molecule has 0 saturated heterocycles. The van der Waals surface area contributed by atoms with E-state index in [1.54, 1.807) is 23.9 Å². The number of nitrogens with zero attached hydrogens (tertiary/aromatic N) is 1. The summed E-state index contributed by atoms with van der Waals surface area (Å²) >= 11 is 7.43. The number of pyridine rings is 1. The van der Waals surface area contributed by atoms with E-state index in [-0.39, 0.29) is 5.69 Å². The minimum absolute atomic E-state index is 0.181. The molecule has 1 aromatic heterocycles. The average Bonchev–Trinajstić information content (AvgIpc) is 2.20. The van der Waals surface area contributed by atoms with Crippen LogP contribution in [0, 0.1) is 0 Å². The van der Waals surface area contributed by atoms with Gasteiger partial charge in [-0.25, -0.2) is 9.78 Å². The zero-order chi connectivity index (χ0) is 10.6. The van der Waals surface area contributed by atoms with Crippen molar-refractivity contribution in [2.45, 2.75) is 5.75 Å². The zero-order valence-corrected chi connectivity index (χ0v) is 9.48. The molecule has 0 spiro atoms. The third kappa shape index (κ3) is 2.62. The lowest BCUT2D eigenvalue weighted by molar-refractivity contribution is 0.0594. The van der Waals surface area contributed by atoms with Crippen molar-refractivity contribution in [1.29, 1.82) is 0 Å². The van der Waals surface area contributed by atoms with Gasteiger partial charge in [-0.05, 0) is 18.4 Å².